The van der Waals surface area contributed by atoms with E-state index in [1.807, 2.05) is 0 Å². The second-order valence-corrected chi connectivity index (χ2v) is 6.57. The molecule has 3 aliphatic rings. The van der Waals surface area contributed by atoms with Gasteiger partial charge in [0.1, 0.15) is 5.78 Å². The van der Waals surface area contributed by atoms with Crippen molar-refractivity contribution in [3.05, 3.63) is 22.4 Å². The number of fused-ring (bicyclic) bond motifs is 5. The molecule has 1 nitrogen and oxygen atoms in total. The van der Waals surface area contributed by atoms with Gasteiger partial charge in [0, 0.05) is 12.3 Å². The van der Waals surface area contributed by atoms with Crippen LogP contribution in [0.4, 0.5) is 0 Å². The fraction of sp³-hybridized carbons (Fsp3) is 0.643. The minimum atomic E-state index is 0.464. The van der Waals surface area contributed by atoms with E-state index in [1.54, 1.807) is 11.3 Å². The summed E-state index contributed by atoms with van der Waals surface area (Å²) in [4.78, 5) is 12.2. The molecule has 1 aromatic rings. The first kappa shape index (κ1) is 9.41. The lowest BCUT2D eigenvalue weighted by Crippen LogP contribution is -2.11. The van der Waals surface area contributed by atoms with Crippen LogP contribution >= 0.6 is 11.3 Å². The fourth-order valence-electron chi connectivity index (χ4n) is 4.47. The lowest BCUT2D eigenvalue weighted by Gasteiger charge is -2.06. The Bertz CT molecular complexity index is 406. The van der Waals surface area contributed by atoms with Gasteiger partial charge < -0.3 is 0 Å². The molecular formula is C14H16OS. The van der Waals surface area contributed by atoms with Gasteiger partial charge in [-0.05, 0) is 65.3 Å². The van der Waals surface area contributed by atoms with Crippen molar-refractivity contribution in [3.8, 4) is 0 Å². The van der Waals surface area contributed by atoms with Crippen LogP contribution in [0.1, 0.15) is 24.8 Å². The van der Waals surface area contributed by atoms with Gasteiger partial charge in [0.05, 0.1) is 0 Å². The Kier molecular flexibility index (Phi) is 1.88. The molecule has 0 spiro atoms. The van der Waals surface area contributed by atoms with Gasteiger partial charge in [0.25, 0.3) is 0 Å². The number of hydrogen-bond acceptors (Lipinski definition) is 2. The smallest absolute Gasteiger partial charge is 0.140 e. The van der Waals surface area contributed by atoms with Crippen LogP contribution in [0.3, 0.4) is 0 Å². The molecule has 0 saturated heterocycles. The third-order valence-electron chi connectivity index (χ3n) is 5.07. The second kappa shape index (κ2) is 3.19. The van der Waals surface area contributed by atoms with Crippen molar-refractivity contribution in [2.75, 3.05) is 0 Å². The van der Waals surface area contributed by atoms with E-state index < -0.39 is 0 Å². The average Bonchev–Trinajstić information content (AvgIpc) is 2.73. The molecule has 0 N–H and O–H groups in total. The Balaban J connectivity index is 1.47. The molecule has 1 heterocycles. The van der Waals surface area contributed by atoms with Crippen LogP contribution in [0.25, 0.3) is 0 Å². The molecule has 3 saturated carbocycles. The third-order valence-corrected chi connectivity index (χ3v) is 5.80. The van der Waals surface area contributed by atoms with E-state index in [9.17, 15) is 4.79 Å². The van der Waals surface area contributed by atoms with E-state index in [4.69, 9.17) is 0 Å². The topological polar surface area (TPSA) is 17.1 Å². The first-order valence-corrected chi connectivity index (χ1v) is 7.32. The first-order chi connectivity index (χ1) is 7.84. The van der Waals surface area contributed by atoms with Gasteiger partial charge >= 0.3 is 0 Å². The molecule has 3 aliphatic carbocycles. The Hall–Kier alpha value is -0.630. The zero-order valence-electron chi connectivity index (χ0n) is 9.26. The number of thiophene rings is 1. The van der Waals surface area contributed by atoms with Gasteiger partial charge in [-0.1, -0.05) is 0 Å². The standard InChI is InChI=1S/C14H16OS/c15-11(5-8-3-4-16-7-8)14-12-9-1-2-10(6-9)13(12)14/h3-4,7,9-10,12-14H,1-2,5-6H2. The maximum absolute atomic E-state index is 12.2. The van der Waals surface area contributed by atoms with Crippen LogP contribution in [-0.4, -0.2) is 5.78 Å². The molecule has 2 bridgehead atoms. The monoisotopic (exact) mass is 232 g/mol. The summed E-state index contributed by atoms with van der Waals surface area (Å²) in [6, 6.07) is 2.09. The Morgan fingerprint density at radius 3 is 2.69 bits per heavy atom. The van der Waals surface area contributed by atoms with E-state index in [1.165, 1.54) is 24.8 Å². The maximum atomic E-state index is 12.2. The minimum absolute atomic E-state index is 0.464. The second-order valence-electron chi connectivity index (χ2n) is 5.79. The van der Waals surface area contributed by atoms with Crippen LogP contribution in [-0.2, 0) is 11.2 Å². The molecule has 84 valence electrons. The lowest BCUT2D eigenvalue weighted by molar-refractivity contribution is -0.120. The van der Waals surface area contributed by atoms with Crippen molar-refractivity contribution in [2.24, 2.45) is 29.6 Å². The summed E-state index contributed by atoms with van der Waals surface area (Å²) in [5.41, 5.74) is 1.23. The number of ketones is 1. The zero-order chi connectivity index (χ0) is 10.7. The highest BCUT2D eigenvalue weighted by atomic mass is 32.1. The van der Waals surface area contributed by atoms with Crippen molar-refractivity contribution in [1.82, 2.24) is 0 Å². The van der Waals surface area contributed by atoms with Gasteiger partial charge in [0.2, 0.25) is 0 Å². The average molecular weight is 232 g/mol. The summed E-state index contributed by atoms with van der Waals surface area (Å²) in [5, 5.41) is 4.19. The minimum Gasteiger partial charge on any atom is -0.299 e. The zero-order valence-corrected chi connectivity index (χ0v) is 10.1. The predicted molar refractivity (Wildman–Crippen MR) is 64.3 cm³/mol. The Morgan fingerprint density at radius 2 is 2.06 bits per heavy atom. The Morgan fingerprint density at radius 1 is 1.31 bits per heavy atom. The molecule has 16 heavy (non-hydrogen) atoms. The van der Waals surface area contributed by atoms with Crippen molar-refractivity contribution in [2.45, 2.75) is 25.7 Å². The highest BCUT2D eigenvalue weighted by Gasteiger charge is 2.66. The number of Topliss-reactive ketones (excluding diaryl/α,β-unsaturated/α-hetero) is 1. The number of carbonyl (C=O) groups excluding carboxylic acids is 1. The normalized spacial score (nSPS) is 43.4. The van der Waals surface area contributed by atoms with Crippen molar-refractivity contribution >= 4 is 17.1 Å². The van der Waals surface area contributed by atoms with Crippen molar-refractivity contribution in [3.63, 3.8) is 0 Å². The van der Waals surface area contributed by atoms with Crippen molar-refractivity contribution < 1.29 is 4.79 Å². The molecule has 3 fully saturated rings. The van der Waals surface area contributed by atoms with Crippen molar-refractivity contribution in [1.29, 1.82) is 0 Å². The van der Waals surface area contributed by atoms with Crippen LogP contribution in [0.5, 0.6) is 0 Å². The molecule has 4 unspecified atom stereocenters. The van der Waals surface area contributed by atoms with Gasteiger partial charge in [-0.15, -0.1) is 0 Å². The summed E-state index contributed by atoms with van der Waals surface area (Å²) in [5.74, 6) is 4.46. The van der Waals surface area contributed by atoms with E-state index >= 15 is 0 Å². The summed E-state index contributed by atoms with van der Waals surface area (Å²) in [6.07, 6.45) is 4.96. The summed E-state index contributed by atoms with van der Waals surface area (Å²) in [6.45, 7) is 0. The van der Waals surface area contributed by atoms with Gasteiger partial charge in [-0.3, -0.25) is 4.79 Å². The molecule has 0 radical (unpaired) electrons. The number of hydrogen-bond donors (Lipinski definition) is 0. The number of carbonyl (C=O) groups is 1. The summed E-state index contributed by atoms with van der Waals surface area (Å²) in [7, 11) is 0. The quantitative estimate of drug-likeness (QED) is 0.782. The largest absolute Gasteiger partial charge is 0.299 e. The lowest BCUT2D eigenvalue weighted by atomic mass is 9.97. The summed E-state index contributed by atoms with van der Waals surface area (Å²) >= 11 is 1.70. The predicted octanol–water partition coefficient (Wildman–Crippen LogP) is 3.15. The highest BCUT2D eigenvalue weighted by Crippen LogP contribution is 2.69. The molecule has 0 amide bonds. The van der Waals surface area contributed by atoms with Crippen LogP contribution in [0.15, 0.2) is 16.8 Å². The molecular weight excluding hydrogens is 216 g/mol. The van der Waals surface area contributed by atoms with E-state index in [-0.39, 0.29) is 0 Å². The van der Waals surface area contributed by atoms with Crippen LogP contribution in [0.2, 0.25) is 0 Å². The third kappa shape index (κ3) is 1.20. The van der Waals surface area contributed by atoms with E-state index in [0.29, 0.717) is 18.1 Å². The van der Waals surface area contributed by atoms with E-state index in [0.717, 1.165) is 23.7 Å². The molecule has 0 aromatic carbocycles. The van der Waals surface area contributed by atoms with Crippen LogP contribution < -0.4 is 0 Å². The first-order valence-electron chi connectivity index (χ1n) is 6.38. The van der Waals surface area contributed by atoms with Gasteiger partial charge in [-0.25, -0.2) is 0 Å². The SMILES string of the molecule is O=C(Cc1ccsc1)C1C2C3CCC(C3)C12. The molecule has 0 aliphatic heterocycles. The molecule has 4 atom stereocenters. The highest BCUT2D eigenvalue weighted by molar-refractivity contribution is 7.07. The fourth-order valence-corrected chi connectivity index (χ4v) is 5.14. The molecule has 1 aromatic heterocycles. The van der Waals surface area contributed by atoms with E-state index in [2.05, 4.69) is 16.8 Å². The molecule has 4 rings (SSSR count). The van der Waals surface area contributed by atoms with Gasteiger partial charge in [0.15, 0.2) is 0 Å². The number of rotatable bonds is 3. The summed E-state index contributed by atoms with van der Waals surface area (Å²) < 4.78 is 0. The van der Waals surface area contributed by atoms with Gasteiger partial charge in [-0.2, -0.15) is 11.3 Å². The maximum Gasteiger partial charge on any atom is 0.140 e. The Labute approximate surface area is 99.9 Å². The van der Waals surface area contributed by atoms with Crippen LogP contribution in [0, 0.1) is 29.6 Å². The molecule has 2 heteroatoms.